The standard InChI is InChI=1S/C14H21ClN2O2/c1-9(2)16-6-10-3-4-12(11(15)5-10)17-7-13(18)14(19)8-17/h3-5,9,13-14,16,18-19H,6-8H2,1-2H3. The first-order chi connectivity index (χ1) is 8.97. The summed E-state index contributed by atoms with van der Waals surface area (Å²) in [7, 11) is 0. The van der Waals surface area contributed by atoms with Gasteiger partial charge in [-0.25, -0.2) is 0 Å². The number of nitrogens with one attached hydrogen (secondary N) is 1. The van der Waals surface area contributed by atoms with Gasteiger partial charge in [-0.15, -0.1) is 0 Å². The quantitative estimate of drug-likeness (QED) is 0.782. The Kier molecular flexibility index (Phi) is 4.68. The van der Waals surface area contributed by atoms with E-state index < -0.39 is 12.2 Å². The van der Waals surface area contributed by atoms with Crippen molar-refractivity contribution < 1.29 is 10.2 Å². The smallest absolute Gasteiger partial charge is 0.0990 e. The van der Waals surface area contributed by atoms with Crippen LogP contribution < -0.4 is 10.2 Å². The summed E-state index contributed by atoms with van der Waals surface area (Å²) in [4.78, 5) is 1.91. The van der Waals surface area contributed by atoms with Crippen LogP contribution in [0.15, 0.2) is 18.2 Å². The third-order valence-electron chi connectivity index (χ3n) is 3.33. The molecule has 1 aliphatic heterocycles. The molecule has 19 heavy (non-hydrogen) atoms. The summed E-state index contributed by atoms with van der Waals surface area (Å²) in [6, 6.07) is 6.34. The van der Waals surface area contributed by atoms with Crippen molar-refractivity contribution in [2.75, 3.05) is 18.0 Å². The number of aliphatic hydroxyl groups is 2. The van der Waals surface area contributed by atoms with Crippen LogP contribution in [-0.2, 0) is 6.54 Å². The average Bonchev–Trinajstić information content (AvgIpc) is 2.67. The fourth-order valence-corrected chi connectivity index (χ4v) is 2.53. The number of anilines is 1. The van der Waals surface area contributed by atoms with Crippen molar-refractivity contribution in [3.05, 3.63) is 28.8 Å². The minimum absolute atomic E-state index is 0.421. The van der Waals surface area contributed by atoms with E-state index >= 15 is 0 Å². The highest BCUT2D eigenvalue weighted by atomic mass is 35.5. The highest BCUT2D eigenvalue weighted by molar-refractivity contribution is 6.33. The molecule has 1 heterocycles. The molecule has 1 aromatic rings. The van der Waals surface area contributed by atoms with Gasteiger partial charge < -0.3 is 20.4 Å². The van der Waals surface area contributed by atoms with Crippen molar-refractivity contribution in [1.29, 1.82) is 0 Å². The Hall–Kier alpha value is -0.810. The van der Waals surface area contributed by atoms with E-state index in [-0.39, 0.29) is 0 Å². The Morgan fingerprint density at radius 1 is 1.32 bits per heavy atom. The molecule has 0 spiro atoms. The number of nitrogens with zero attached hydrogens (tertiary/aromatic N) is 1. The van der Waals surface area contributed by atoms with Crippen LogP contribution in [0.5, 0.6) is 0 Å². The average molecular weight is 285 g/mol. The van der Waals surface area contributed by atoms with E-state index in [0.717, 1.165) is 17.8 Å². The molecule has 5 heteroatoms. The number of halogens is 1. The molecule has 0 amide bonds. The number of hydrogen-bond donors (Lipinski definition) is 3. The van der Waals surface area contributed by atoms with E-state index in [1.54, 1.807) is 0 Å². The molecule has 0 aromatic heterocycles. The lowest BCUT2D eigenvalue weighted by Crippen LogP contribution is -2.23. The molecule has 1 aliphatic rings. The van der Waals surface area contributed by atoms with Gasteiger partial charge >= 0.3 is 0 Å². The number of benzene rings is 1. The first kappa shape index (κ1) is 14.6. The van der Waals surface area contributed by atoms with Gasteiger partial charge in [0.15, 0.2) is 0 Å². The molecule has 1 fully saturated rings. The van der Waals surface area contributed by atoms with E-state index in [9.17, 15) is 10.2 Å². The molecular formula is C14H21ClN2O2. The zero-order valence-electron chi connectivity index (χ0n) is 11.3. The number of rotatable bonds is 4. The highest BCUT2D eigenvalue weighted by Gasteiger charge is 2.30. The van der Waals surface area contributed by atoms with Crippen molar-refractivity contribution in [3.8, 4) is 0 Å². The second-order valence-electron chi connectivity index (χ2n) is 5.36. The van der Waals surface area contributed by atoms with E-state index in [0.29, 0.717) is 24.2 Å². The Morgan fingerprint density at radius 2 is 1.95 bits per heavy atom. The summed E-state index contributed by atoms with van der Waals surface area (Å²) >= 11 is 6.29. The minimum atomic E-state index is -0.696. The molecule has 2 rings (SSSR count). The zero-order valence-corrected chi connectivity index (χ0v) is 12.1. The number of aliphatic hydroxyl groups excluding tert-OH is 2. The molecule has 2 atom stereocenters. The third kappa shape index (κ3) is 3.60. The van der Waals surface area contributed by atoms with Crippen molar-refractivity contribution in [3.63, 3.8) is 0 Å². The maximum Gasteiger partial charge on any atom is 0.0990 e. The van der Waals surface area contributed by atoms with E-state index in [1.165, 1.54) is 0 Å². The third-order valence-corrected chi connectivity index (χ3v) is 3.63. The maximum absolute atomic E-state index is 9.58. The molecule has 106 valence electrons. The van der Waals surface area contributed by atoms with Crippen molar-refractivity contribution in [2.24, 2.45) is 0 Å². The van der Waals surface area contributed by atoms with Crippen LogP contribution in [0.2, 0.25) is 5.02 Å². The summed E-state index contributed by atoms with van der Waals surface area (Å²) < 4.78 is 0. The Morgan fingerprint density at radius 3 is 2.47 bits per heavy atom. The van der Waals surface area contributed by atoms with E-state index in [1.807, 2.05) is 23.1 Å². The highest BCUT2D eigenvalue weighted by Crippen LogP contribution is 2.29. The lowest BCUT2D eigenvalue weighted by molar-refractivity contribution is 0.0572. The Balaban J connectivity index is 2.07. The first-order valence-electron chi connectivity index (χ1n) is 6.60. The normalized spacial score (nSPS) is 23.4. The molecule has 0 bridgehead atoms. The molecule has 2 unspecified atom stereocenters. The monoisotopic (exact) mass is 284 g/mol. The summed E-state index contributed by atoms with van der Waals surface area (Å²) in [6.45, 7) is 5.82. The van der Waals surface area contributed by atoms with Crippen LogP contribution in [0.1, 0.15) is 19.4 Å². The molecule has 0 saturated carbocycles. The van der Waals surface area contributed by atoms with Crippen molar-refractivity contribution in [2.45, 2.75) is 38.6 Å². The van der Waals surface area contributed by atoms with E-state index in [2.05, 4.69) is 19.2 Å². The molecule has 0 aliphatic carbocycles. The summed E-state index contributed by atoms with van der Waals surface area (Å²) in [5.74, 6) is 0. The van der Waals surface area contributed by atoms with Crippen LogP contribution in [0.25, 0.3) is 0 Å². The van der Waals surface area contributed by atoms with Gasteiger partial charge in [0.25, 0.3) is 0 Å². The SMILES string of the molecule is CC(C)NCc1ccc(N2CC(O)C(O)C2)c(Cl)c1. The lowest BCUT2D eigenvalue weighted by atomic mass is 10.2. The van der Waals surface area contributed by atoms with Gasteiger partial charge in [-0.1, -0.05) is 31.5 Å². The molecular weight excluding hydrogens is 264 g/mol. The van der Waals surface area contributed by atoms with Crippen molar-refractivity contribution >= 4 is 17.3 Å². The predicted octanol–water partition coefficient (Wildman–Crippen LogP) is 1.38. The van der Waals surface area contributed by atoms with Gasteiger partial charge in [-0.05, 0) is 17.7 Å². The number of hydrogen-bond acceptors (Lipinski definition) is 4. The van der Waals surface area contributed by atoms with Crippen LogP contribution in [-0.4, -0.2) is 41.6 Å². The molecule has 1 aromatic carbocycles. The van der Waals surface area contributed by atoms with Gasteiger partial charge in [-0.2, -0.15) is 0 Å². The van der Waals surface area contributed by atoms with Gasteiger partial charge in [0.2, 0.25) is 0 Å². The molecule has 1 saturated heterocycles. The summed E-state index contributed by atoms with van der Waals surface area (Å²) in [5.41, 5.74) is 1.99. The van der Waals surface area contributed by atoms with E-state index in [4.69, 9.17) is 11.6 Å². The topological polar surface area (TPSA) is 55.7 Å². The predicted molar refractivity (Wildman–Crippen MR) is 77.7 cm³/mol. The van der Waals surface area contributed by atoms with Gasteiger partial charge in [0.05, 0.1) is 22.9 Å². The first-order valence-corrected chi connectivity index (χ1v) is 6.98. The van der Waals surface area contributed by atoms with Crippen LogP contribution >= 0.6 is 11.6 Å². The molecule has 0 radical (unpaired) electrons. The van der Waals surface area contributed by atoms with Crippen molar-refractivity contribution in [1.82, 2.24) is 5.32 Å². The Labute approximate surface area is 119 Å². The fourth-order valence-electron chi connectivity index (χ4n) is 2.20. The fraction of sp³-hybridized carbons (Fsp3) is 0.571. The molecule has 3 N–H and O–H groups in total. The Bertz CT molecular complexity index is 429. The molecule has 4 nitrogen and oxygen atoms in total. The van der Waals surface area contributed by atoms with Gasteiger partial charge in [-0.3, -0.25) is 0 Å². The largest absolute Gasteiger partial charge is 0.389 e. The lowest BCUT2D eigenvalue weighted by Gasteiger charge is -2.20. The number of β-amino-alcohol motifs (C(OH)–C–C–N with tert-alkyl or cyclic N) is 2. The maximum atomic E-state index is 9.58. The van der Waals surface area contributed by atoms with Gasteiger partial charge in [0.1, 0.15) is 0 Å². The van der Waals surface area contributed by atoms with Gasteiger partial charge in [0, 0.05) is 25.7 Å². The minimum Gasteiger partial charge on any atom is -0.389 e. The second kappa shape index (κ2) is 6.09. The van der Waals surface area contributed by atoms with Crippen LogP contribution in [0, 0.1) is 0 Å². The summed E-state index contributed by atoms with van der Waals surface area (Å²) in [5, 5.41) is 23.1. The second-order valence-corrected chi connectivity index (χ2v) is 5.77. The van der Waals surface area contributed by atoms with Crippen LogP contribution in [0.4, 0.5) is 5.69 Å². The van der Waals surface area contributed by atoms with Crippen LogP contribution in [0.3, 0.4) is 0 Å². The summed E-state index contributed by atoms with van der Waals surface area (Å²) in [6.07, 6.45) is -1.39. The zero-order chi connectivity index (χ0) is 14.0.